The van der Waals surface area contributed by atoms with Crippen LogP contribution in [0.5, 0.6) is 5.75 Å². The highest BCUT2D eigenvalue weighted by molar-refractivity contribution is 7.13. The van der Waals surface area contributed by atoms with Crippen molar-refractivity contribution >= 4 is 28.1 Å². The van der Waals surface area contributed by atoms with Gasteiger partial charge in [0, 0.05) is 5.38 Å². The molecule has 23 heavy (non-hydrogen) atoms. The van der Waals surface area contributed by atoms with Crippen LogP contribution in [0, 0.1) is 0 Å². The van der Waals surface area contributed by atoms with E-state index in [0.29, 0.717) is 11.6 Å². The lowest BCUT2D eigenvalue weighted by Gasteiger charge is -2.12. The molecule has 0 amide bonds. The first-order chi connectivity index (χ1) is 11.2. The predicted octanol–water partition coefficient (Wildman–Crippen LogP) is 4.84. The van der Waals surface area contributed by atoms with E-state index in [1.807, 2.05) is 36.4 Å². The molecule has 0 saturated heterocycles. The number of unbranched alkanes of at least 4 members (excludes halogenated alkanes) is 1. The van der Waals surface area contributed by atoms with Crippen molar-refractivity contribution in [2.24, 2.45) is 0 Å². The lowest BCUT2D eigenvalue weighted by molar-refractivity contribution is 0.0691. The Kier molecular flexibility index (Phi) is 4.57. The average Bonchev–Trinajstić information content (AvgIpc) is 3.04. The van der Waals surface area contributed by atoms with Crippen molar-refractivity contribution in [2.75, 3.05) is 6.61 Å². The van der Waals surface area contributed by atoms with Gasteiger partial charge in [0.2, 0.25) is 0 Å². The summed E-state index contributed by atoms with van der Waals surface area (Å²) in [5.41, 5.74) is 0.939. The fourth-order valence-electron chi connectivity index (χ4n) is 2.41. The molecule has 0 saturated carbocycles. The van der Waals surface area contributed by atoms with E-state index in [-0.39, 0.29) is 5.69 Å². The van der Waals surface area contributed by atoms with Crippen LogP contribution in [0.3, 0.4) is 0 Å². The second-order valence-electron chi connectivity index (χ2n) is 5.20. The summed E-state index contributed by atoms with van der Waals surface area (Å²) in [4.78, 5) is 15.4. The van der Waals surface area contributed by atoms with Gasteiger partial charge in [0.1, 0.15) is 10.8 Å². The molecule has 1 heterocycles. The van der Waals surface area contributed by atoms with Crippen molar-refractivity contribution < 1.29 is 14.6 Å². The summed E-state index contributed by atoms with van der Waals surface area (Å²) in [5.74, 6) is -0.260. The number of aromatic carboxylic acids is 1. The Balaban J connectivity index is 2.13. The minimum absolute atomic E-state index is 0.0671. The third kappa shape index (κ3) is 3.19. The van der Waals surface area contributed by atoms with Crippen LogP contribution in [0.25, 0.3) is 21.3 Å². The first-order valence-corrected chi connectivity index (χ1v) is 8.42. The highest BCUT2D eigenvalue weighted by Crippen LogP contribution is 2.38. The van der Waals surface area contributed by atoms with E-state index in [4.69, 9.17) is 9.84 Å². The van der Waals surface area contributed by atoms with Gasteiger partial charge in [-0.05, 0) is 23.3 Å². The number of nitrogens with zero attached hydrogens (tertiary/aromatic N) is 1. The summed E-state index contributed by atoms with van der Waals surface area (Å²) in [7, 11) is 0. The second kappa shape index (κ2) is 6.79. The van der Waals surface area contributed by atoms with Crippen LogP contribution >= 0.6 is 11.3 Å². The zero-order chi connectivity index (χ0) is 16.2. The van der Waals surface area contributed by atoms with Crippen molar-refractivity contribution in [3.05, 3.63) is 47.5 Å². The van der Waals surface area contributed by atoms with Crippen molar-refractivity contribution in [1.29, 1.82) is 0 Å². The van der Waals surface area contributed by atoms with Crippen LogP contribution in [-0.2, 0) is 0 Å². The van der Waals surface area contributed by atoms with Gasteiger partial charge in [-0.3, -0.25) is 0 Å². The third-order valence-electron chi connectivity index (χ3n) is 3.58. The highest BCUT2D eigenvalue weighted by atomic mass is 32.1. The predicted molar refractivity (Wildman–Crippen MR) is 92.4 cm³/mol. The maximum absolute atomic E-state index is 11.1. The van der Waals surface area contributed by atoms with E-state index < -0.39 is 5.97 Å². The molecule has 0 spiro atoms. The molecule has 3 aromatic rings. The lowest BCUT2D eigenvalue weighted by Crippen LogP contribution is -1.99. The number of rotatable bonds is 6. The van der Waals surface area contributed by atoms with Gasteiger partial charge in [0.25, 0.3) is 0 Å². The number of carboxylic acid groups (broad SMARTS) is 1. The number of hydrogen-bond donors (Lipinski definition) is 1. The normalized spacial score (nSPS) is 10.8. The number of ether oxygens (including phenoxy) is 1. The zero-order valence-electron chi connectivity index (χ0n) is 12.8. The first-order valence-electron chi connectivity index (χ1n) is 7.54. The van der Waals surface area contributed by atoms with Crippen LogP contribution in [0.4, 0.5) is 0 Å². The molecule has 0 unspecified atom stereocenters. The minimum atomic E-state index is -1.01. The summed E-state index contributed by atoms with van der Waals surface area (Å²) in [6.07, 6.45) is 2.04. The molecule has 3 rings (SSSR count). The molecule has 0 aliphatic carbocycles. The topological polar surface area (TPSA) is 59.4 Å². The second-order valence-corrected chi connectivity index (χ2v) is 6.06. The van der Waals surface area contributed by atoms with Gasteiger partial charge >= 0.3 is 5.97 Å². The van der Waals surface area contributed by atoms with E-state index >= 15 is 0 Å². The number of thiazole rings is 1. The summed E-state index contributed by atoms with van der Waals surface area (Å²) in [6.45, 7) is 2.75. The lowest BCUT2D eigenvalue weighted by atomic mass is 10.0. The molecular formula is C18H17NO3S. The number of fused-ring (bicyclic) bond motifs is 1. The largest absolute Gasteiger partial charge is 0.493 e. The third-order valence-corrected chi connectivity index (χ3v) is 4.44. The molecule has 0 radical (unpaired) electrons. The SMILES string of the molecule is CCCCOc1ccc2ccccc2c1-c1nc(C(=O)O)cs1. The number of benzene rings is 2. The van der Waals surface area contributed by atoms with Gasteiger partial charge in [0.05, 0.1) is 12.2 Å². The van der Waals surface area contributed by atoms with E-state index in [9.17, 15) is 4.79 Å². The Morgan fingerprint density at radius 2 is 2.09 bits per heavy atom. The molecule has 2 aromatic carbocycles. The Morgan fingerprint density at radius 1 is 1.26 bits per heavy atom. The number of aromatic nitrogens is 1. The van der Waals surface area contributed by atoms with E-state index in [1.54, 1.807) is 5.38 Å². The highest BCUT2D eigenvalue weighted by Gasteiger charge is 2.17. The van der Waals surface area contributed by atoms with Crippen LogP contribution in [0.2, 0.25) is 0 Å². The van der Waals surface area contributed by atoms with Crippen molar-refractivity contribution in [3.63, 3.8) is 0 Å². The first kappa shape index (κ1) is 15.5. The van der Waals surface area contributed by atoms with Gasteiger partial charge in [-0.2, -0.15) is 0 Å². The molecule has 5 heteroatoms. The molecular weight excluding hydrogens is 310 g/mol. The van der Waals surface area contributed by atoms with Gasteiger partial charge in [0.15, 0.2) is 5.69 Å². The van der Waals surface area contributed by atoms with Crippen LogP contribution in [0.1, 0.15) is 30.3 Å². The molecule has 0 aliphatic rings. The van der Waals surface area contributed by atoms with E-state index in [0.717, 1.165) is 34.9 Å². The number of carbonyl (C=O) groups is 1. The molecule has 0 bridgehead atoms. The molecule has 1 N–H and O–H groups in total. The van der Waals surface area contributed by atoms with Crippen LogP contribution in [0.15, 0.2) is 41.8 Å². The molecule has 4 nitrogen and oxygen atoms in total. The summed E-state index contributed by atoms with van der Waals surface area (Å²) in [6, 6.07) is 11.9. The van der Waals surface area contributed by atoms with Gasteiger partial charge < -0.3 is 9.84 Å². The fraction of sp³-hybridized carbons (Fsp3) is 0.222. The smallest absolute Gasteiger partial charge is 0.355 e. The average molecular weight is 327 g/mol. The quantitative estimate of drug-likeness (QED) is 0.658. The Labute approximate surface area is 138 Å². The monoisotopic (exact) mass is 327 g/mol. The van der Waals surface area contributed by atoms with Gasteiger partial charge in [-0.15, -0.1) is 11.3 Å². The minimum Gasteiger partial charge on any atom is -0.493 e. The van der Waals surface area contributed by atoms with Crippen molar-refractivity contribution in [2.45, 2.75) is 19.8 Å². The summed E-state index contributed by atoms with van der Waals surface area (Å²) < 4.78 is 5.93. The van der Waals surface area contributed by atoms with E-state index in [2.05, 4.69) is 11.9 Å². The van der Waals surface area contributed by atoms with E-state index in [1.165, 1.54) is 11.3 Å². The van der Waals surface area contributed by atoms with Crippen LogP contribution < -0.4 is 4.74 Å². The van der Waals surface area contributed by atoms with Gasteiger partial charge in [-0.25, -0.2) is 9.78 Å². The van der Waals surface area contributed by atoms with Crippen molar-refractivity contribution in [1.82, 2.24) is 4.98 Å². The summed E-state index contributed by atoms with van der Waals surface area (Å²) >= 11 is 1.33. The van der Waals surface area contributed by atoms with Gasteiger partial charge in [-0.1, -0.05) is 43.7 Å². The maximum atomic E-state index is 11.1. The standard InChI is InChI=1S/C18H17NO3S/c1-2-3-10-22-15-9-8-12-6-4-5-7-13(12)16(15)17-19-14(11-23-17)18(20)21/h4-9,11H,2-3,10H2,1H3,(H,20,21). The molecule has 118 valence electrons. The number of carboxylic acids is 1. The molecule has 0 fully saturated rings. The van der Waals surface area contributed by atoms with Crippen molar-refractivity contribution in [3.8, 4) is 16.3 Å². The van der Waals surface area contributed by atoms with Crippen LogP contribution in [-0.4, -0.2) is 22.7 Å². The zero-order valence-corrected chi connectivity index (χ0v) is 13.6. The molecule has 1 aromatic heterocycles. The summed E-state index contributed by atoms with van der Waals surface area (Å²) in [5, 5.41) is 13.5. The molecule has 0 aliphatic heterocycles. The maximum Gasteiger partial charge on any atom is 0.355 e. The Hall–Kier alpha value is -2.40. The number of hydrogen-bond acceptors (Lipinski definition) is 4. The Morgan fingerprint density at radius 3 is 2.83 bits per heavy atom. The Bertz CT molecular complexity index is 841. The molecule has 0 atom stereocenters. The fourth-order valence-corrected chi connectivity index (χ4v) is 3.26.